The van der Waals surface area contributed by atoms with Crippen LogP contribution < -0.4 is 5.56 Å². The van der Waals surface area contributed by atoms with Crippen LogP contribution in [-0.4, -0.2) is 57.0 Å². The second-order valence-corrected chi connectivity index (χ2v) is 3.59. The molecule has 0 spiro atoms. The molecule has 19 heavy (non-hydrogen) atoms. The molecule has 2 aromatic rings. The van der Waals surface area contributed by atoms with Crippen molar-refractivity contribution in [3.63, 3.8) is 0 Å². The zero-order chi connectivity index (χ0) is 24.0. The van der Waals surface area contributed by atoms with Crippen molar-refractivity contribution in [1.82, 2.24) is 24.4 Å². The van der Waals surface area contributed by atoms with Crippen LogP contribution in [0.2, 0.25) is 5.28 Å². The number of nitrogens with zero attached hydrogens (tertiary/aromatic N) is 4. The molecule has 102 valence electrons. The van der Waals surface area contributed by atoms with E-state index in [0.29, 0.717) is 10.9 Å². The number of aromatic amines is 1. The highest BCUT2D eigenvalue weighted by Crippen LogP contribution is 2.08. The van der Waals surface area contributed by atoms with Crippen molar-refractivity contribution in [3.05, 3.63) is 22.0 Å². The van der Waals surface area contributed by atoms with E-state index in [2.05, 4.69) is 14.7 Å². The number of nitrogens with one attached hydrogen (secondary N) is 1. The highest BCUT2D eigenvalue weighted by Gasteiger charge is 2.13. The van der Waals surface area contributed by atoms with Gasteiger partial charge in [0.25, 0.3) is 5.56 Å². The molecular formula is C11H14ClN5O2. The van der Waals surface area contributed by atoms with Crippen LogP contribution in [-0.2, 0) is 11.2 Å². The maximum atomic E-state index is 12.3. The zero-order valence-electron chi connectivity index (χ0n) is 21.1. The first-order chi connectivity index (χ1) is 13.7. The Bertz CT molecular complexity index is 1070. The number of ether oxygens (including phenoxy) is 1. The first kappa shape index (κ1) is 4.83. The molecule has 1 saturated heterocycles. The number of imidazole rings is 1. The molecule has 0 atom stereocenters. The maximum absolute atomic E-state index is 12.3. The van der Waals surface area contributed by atoms with Crippen molar-refractivity contribution >= 4 is 22.8 Å². The Labute approximate surface area is 131 Å². The molecule has 1 fully saturated rings. The van der Waals surface area contributed by atoms with Gasteiger partial charge < -0.3 is 9.30 Å². The minimum absolute atomic E-state index is 0.317. The van der Waals surface area contributed by atoms with E-state index in [0.717, 1.165) is 0 Å². The summed E-state index contributed by atoms with van der Waals surface area (Å²) in [5.41, 5.74) is -2.06. The zero-order valence-corrected chi connectivity index (χ0v) is 9.82. The third kappa shape index (κ3) is 2.63. The van der Waals surface area contributed by atoms with Crippen molar-refractivity contribution in [1.29, 1.82) is 0 Å². The summed E-state index contributed by atoms with van der Waals surface area (Å²) in [5, 5.41) is -0.395. The Hall–Kier alpha value is -1.44. The fourth-order valence-corrected chi connectivity index (χ4v) is 1.51. The molecule has 3 rings (SSSR count). The largest absolute Gasteiger partial charge is 0.379 e. The summed E-state index contributed by atoms with van der Waals surface area (Å²) in [4.78, 5) is 21.1. The predicted molar refractivity (Wildman–Crippen MR) is 70.4 cm³/mol. The molecular weight excluding hydrogens is 270 g/mol. The molecule has 1 aliphatic rings. The second-order valence-electron chi connectivity index (χ2n) is 3.23. The minimum Gasteiger partial charge on any atom is -0.379 e. The van der Waals surface area contributed by atoms with E-state index < -0.39 is 66.0 Å². The average Bonchev–Trinajstić information content (AvgIpc) is 2.96. The van der Waals surface area contributed by atoms with Gasteiger partial charge in [0.05, 0.1) is 27.7 Å². The molecule has 1 N–H and O–H groups in total. The molecule has 0 aliphatic carbocycles. The lowest BCUT2D eigenvalue weighted by Gasteiger charge is -2.26. The lowest BCUT2D eigenvalue weighted by Crippen LogP contribution is -2.38. The molecule has 2 aromatic heterocycles. The summed E-state index contributed by atoms with van der Waals surface area (Å²) in [5.74, 6) is 0. The lowest BCUT2D eigenvalue weighted by molar-refractivity contribution is 0.0365. The van der Waals surface area contributed by atoms with Crippen LogP contribution >= 0.6 is 11.6 Å². The van der Waals surface area contributed by atoms with Crippen molar-refractivity contribution in [2.24, 2.45) is 0 Å². The van der Waals surface area contributed by atoms with Crippen molar-refractivity contribution in [2.75, 3.05) is 32.6 Å². The average molecular weight is 296 g/mol. The number of fused-ring (bicyclic) bond motifs is 1. The van der Waals surface area contributed by atoms with E-state index in [1.54, 1.807) is 0 Å². The Balaban J connectivity index is 2.29. The van der Waals surface area contributed by atoms with Gasteiger partial charge in [-0.05, 0) is 11.6 Å². The van der Waals surface area contributed by atoms with Gasteiger partial charge in [0.2, 0.25) is 5.28 Å². The summed E-state index contributed by atoms with van der Waals surface area (Å²) in [6.45, 7) is -22.0. The van der Waals surface area contributed by atoms with Gasteiger partial charge in [-0.3, -0.25) is 14.7 Å². The molecule has 8 heteroatoms. The number of morpholine rings is 1. The van der Waals surface area contributed by atoms with Gasteiger partial charge in [0, 0.05) is 34.2 Å². The molecule has 7 nitrogen and oxygen atoms in total. The SMILES string of the molecule is [2H]C1([2H])OC([2H])([2H])C([2H])([2H])N(C([2H])([2H])C([2H])([2H])n2cnc3nc(Cl)[nH]c(=O)c32)C1([2H])[2H]. The number of H-pyrrole nitrogens is 1. The van der Waals surface area contributed by atoms with E-state index in [4.69, 9.17) is 28.1 Å². The van der Waals surface area contributed by atoms with Crippen molar-refractivity contribution in [3.8, 4) is 0 Å². The van der Waals surface area contributed by atoms with Gasteiger partial charge in [0.15, 0.2) is 11.2 Å². The molecule has 0 saturated carbocycles. The Morgan fingerprint density at radius 2 is 2.32 bits per heavy atom. The number of aromatic nitrogens is 4. The van der Waals surface area contributed by atoms with E-state index >= 15 is 0 Å². The van der Waals surface area contributed by atoms with E-state index in [9.17, 15) is 4.79 Å². The van der Waals surface area contributed by atoms with Crippen LogP contribution in [0.1, 0.15) is 16.4 Å². The highest BCUT2D eigenvalue weighted by atomic mass is 35.5. The maximum Gasteiger partial charge on any atom is 0.278 e. The summed E-state index contributed by atoms with van der Waals surface area (Å²) >= 11 is 5.61. The monoisotopic (exact) mass is 295 g/mol. The molecule has 3 heterocycles. The van der Waals surface area contributed by atoms with E-state index in [1.165, 1.54) is 0 Å². The Morgan fingerprint density at radius 3 is 3.11 bits per heavy atom. The number of hydrogen-bond donors (Lipinski definition) is 1. The van der Waals surface area contributed by atoms with Gasteiger partial charge in [0.1, 0.15) is 0 Å². The molecule has 0 aromatic carbocycles. The van der Waals surface area contributed by atoms with Crippen LogP contribution in [0.3, 0.4) is 0 Å². The van der Waals surface area contributed by atoms with Crippen LogP contribution in [0.25, 0.3) is 11.2 Å². The Kier molecular flexibility index (Phi) is 1.34. The fourth-order valence-electron chi connectivity index (χ4n) is 1.34. The summed E-state index contributed by atoms with van der Waals surface area (Å²) in [6.07, 6.45) is 0.649. The normalized spacial score (nSPS) is 38.6. The second kappa shape index (κ2) is 5.28. The van der Waals surface area contributed by atoms with Gasteiger partial charge in [-0.2, -0.15) is 4.98 Å². The number of halogens is 1. The van der Waals surface area contributed by atoms with E-state index in [1.807, 2.05) is 4.98 Å². The lowest BCUT2D eigenvalue weighted by atomic mass is 10.4. The summed E-state index contributed by atoms with van der Waals surface area (Å²) in [6, 6.07) is 0. The topological polar surface area (TPSA) is 76.0 Å². The number of hydrogen-bond acceptors (Lipinski definition) is 5. The third-order valence-corrected chi connectivity index (χ3v) is 2.26. The Morgan fingerprint density at radius 1 is 1.53 bits per heavy atom. The summed E-state index contributed by atoms with van der Waals surface area (Å²) in [7, 11) is 0. The van der Waals surface area contributed by atoms with Gasteiger partial charge in [-0.15, -0.1) is 0 Å². The number of rotatable bonds is 3. The van der Waals surface area contributed by atoms with Crippen molar-refractivity contribution in [2.45, 2.75) is 6.50 Å². The van der Waals surface area contributed by atoms with Crippen LogP contribution in [0, 0.1) is 0 Å². The smallest absolute Gasteiger partial charge is 0.278 e. The molecule has 0 unspecified atom stereocenters. The van der Waals surface area contributed by atoms with Gasteiger partial charge in [-0.25, -0.2) is 4.98 Å². The van der Waals surface area contributed by atoms with Gasteiger partial charge in [-0.1, -0.05) is 0 Å². The summed E-state index contributed by atoms with van der Waals surface area (Å²) < 4.78 is 100. The first-order valence-electron chi connectivity index (χ1n) is 10.9. The standard InChI is InChI=1S/C11H14ClN5O2/c12-11-14-9-8(10(18)15-11)17(7-13-9)2-1-16-3-5-19-6-4-16/h7H,1-6H2,(H,14,15,18)/i1D2,2D2,3D2,4D2,5D2,6D2. The molecule has 0 bridgehead atoms. The van der Waals surface area contributed by atoms with Crippen LogP contribution in [0.15, 0.2) is 11.1 Å². The van der Waals surface area contributed by atoms with E-state index in [-0.39, 0.29) is 0 Å². The van der Waals surface area contributed by atoms with Crippen LogP contribution in [0.5, 0.6) is 0 Å². The quantitative estimate of drug-likeness (QED) is 0.813. The molecule has 0 amide bonds. The molecule has 0 radical (unpaired) electrons. The fraction of sp³-hybridized carbons (Fsp3) is 0.545. The highest BCUT2D eigenvalue weighted by molar-refractivity contribution is 6.28. The van der Waals surface area contributed by atoms with Gasteiger partial charge >= 0.3 is 0 Å². The molecule has 1 aliphatic heterocycles. The number of aryl methyl sites for hydroxylation is 1. The predicted octanol–water partition coefficient (Wildman–Crippen LogP) is 0.105. The minimum atomic E-state index is -3.83. The van der Waals surface area contributed by atoms with Crippen molar-refractivity contribution < 1.29 is 21.2 Å². The third-order valence-electron chi connectivity index (χ3n) is 2.08. The van der Waals surface area contributed by atoms with Crippen LogP contribution in [0.4, 0.5) is 0 Å². The first-order valence-corrected chi connectivity index (χ1v) is 5.23.